The lowest BCUT2D eigenvalue weighted by atomic mass is 10.2. The maximum atomic E-state index is 12.6. The van der Waals surface area contributed by atoms with Crippen LogP contribution in [0.2, 0.25) is 5.02 Å². The van der Waals surface area contributed by atoms with E-state index < -0.39 is 0 Å². The Labute approximate surface area is 152 Å². The molecule has 5 heteroatoms. The predicted octanol–water partition coefficient (Wildman–Crippen LogP) is 4.59. The summed E-state index contributed by atoms with van der Waals surface area (Å²) in [6.45, 7) is 3.11. The topological polar surface area (TPSA) is 46.3 Å². The van der Waals surface area contributed by atoms with E-state index in [0.29, 0.717) is 29.7 Å². The van der Waals surface area contributed by atoms with Crippen LogP contribution >= 0.6 is 11.6 Å². The van der Waals surface area contributed by atoms with Crippen LogP contribution < -0.4 is 0 Å². The van der Waals surface area contributed by atoms with E-state index in [1.807, 2.05) is 61.5 Å². The molecule has 0 saturated heterocycles. The van der Waals surface area contributed by atoms with Gasteiger partial charge in [0.15, 0.2) is 0 Å². The van der Waals surface area contributed by atoms with Gasteiger partial charge in [0.25, 0.3) is 0 Å². The van der Waals surface area contributed by atoms with Crippen LogP contribution in [0.3, 0.4) is 0 Å². The van der Waals surface area contributed by atoms with Gasteiger partial charge in [-0.05, 0) is 36.8 Å². The van der Waals surface area contributed by atoms with Crippen molar-refractivity contribution in [1.82, 2.24) is 9.88 Å². The van der Waals surface area contributed by atoms with Gasteiger partial charge in [0.05, 0.1) is 12.1 Å². The van der Waals surface area contributed by atoms with Crippen molar-refractivity contribution in [3.8, 4) is 11.5 Å². The summed E-state index contributed by atoms with van der Waals surface area (Å²) in [5.41, 5.74) is 2.54. The lowest BCUT2D eigenvalue weighted by molar-refractivity contribution is -0.130. The van der Waals surface area contributed by atoms with Gasteiger partial charge in [0, 0.05) is 23.7 Å². The van der Waals surface area contributed by atoms with E-state index in [2.05, 4.69) is 4.98 Å². The molecule has 1 heterocycles. The smallest absolute Gasteiger partial charge is 0.229 e. The first kappa shape index (κ1) is 17.2. The maximum absolute atomic E-state index is 12.6. The number of hydrogen-bond donors (Lipinski definition) is 0. The molecule has 0 aliphatic carbocycles. The summed E-state index contributed by atoms with van der Waals surface area (Å²) in [4.78, 5) is 18.8. The summed E-state index contributed by atoms with van der Waals surface area (Å²) in [6.07, 6.45) is 1.76. The van der Waals surface area contributed by atoms with Gasteiger partial charge in [-0.25, -0.2) is 4.98 Å². The molecule has 4 nitrogen and oxygen atoms in total. The molecular formula is C20H19ClN2O2. The fourth-order valence-electron chi connectivity index (χ4n) is 2.60. The Balaban J connectivity index is 1.67. The van der Waals surface area contributed by atoms with Gasteiger partial charge < -0.3 is 9.32 Å². The fraction of sp³-hybridized carbons (Fsp3) is 0.200. The third-order valence-corrected chi connectivity index (χ3v) is 4.14. The van der Waals surface area contributed by atoms with E-state index in [-0.39, 0.29) is 12.3 Å². The molecule has 0 aliphatic rings. The van der Waals surface area contributed by atoms with E-state index in [1.165, 1.54) is 0 Å². The zero-order valence-electron chi connectivity index (χ0n) is 14.0. The first-order valence-electron chi connectivity index (χ1n) is 8.17. The van der Waals surface area contributed by atoms with Crippen LogP contribution in [0.4, 0.5) is 0 Å². The third kappa shape index (κ3) is 4.48. The van der Waals surface area contributed by atoms with Crippen LogP contribution in [0.5, 0.6) is 0 Å². The van der Waals surface area contributed by atoms with E-state index in [1.54, 1.807) is 11.2 Å². The Morgan fingerprint density at radius 1 is 1.16 bits per heavy atom. The van der Waals surface area contributed by atoms with Crippen LogP contribution in [0.1, 0.15) is 18.2 Å². The molecule has 0 bridgehead atoms. The Morgan fingerprint density at radius 3 is 2.68 bits per heavy atom. The lowest BCUT2D eigenvalue weighted by Gasteiger charge is -2.20. The zero-order valence-corrected chi connectivity index (χ0v) is 14.7. The molecule has 0 unspecified atom stereocenters. The van der Waals surface area contributed by atoms with Crippen molar-refractivity contribution >= 4 is 17.5 Å². The number of carbonyl (C=O) groups is 1. The van der Waals surface area contributed by atoms with E-state index >= 15 is 0 Å². The molecule has 0 radical (unpaired) electrons. The average Bonchev–Trinajstić information content (AvgIpc) is 3.09. The van der Waals surface area contributed by atoms with Gasteiger partial charge in [-0.1, -0.05) is 41.9 Å². The summed E-state index contributed by atoms with van der Waals surface area (Å²) < 4.78 is 5.50. The third-order valence-electron chi connectivity index (χ3n) is 3.90. The number of aromatic nitrogens is 1. The van der Waals surface area contributed by atoms with Gasteiger partial charge in [-0.3, -0.25) is 4.79 Å². The number of oxazole rings is 1. The molecule has 0 saturated carbocycles. The minimum Gasteiger partial charge on any atom is -0.444 e. The van der Waals surface area contributed by atoms with Crippen LogP contribution in [-0.2, 0) is 17.8 Å². The van der Waals surface area contributed by atoms with Crippen molar-refractivity contribution in [2.75, 3.05) is 6.54 Å². The summed E-state index contributed by atoms with van der Waals surface area (Å²) in [5, 5.41) is 0.671. The molecule has 0 spiro atoms. The van der Waals surface area contributed by atoms with Crippen molar-refractivity contribution in [3.63, 3.8) is 0 Å². The number of benzene rings is 2. The Hall–Kier alpha value is -2.59. The summed E-state index contributed by atoms with van der Waals surface area (Å²) >= 11 is 6.02. The van der Waals surface area contributed by atoms with E-state index in [9.17, 15) is 4.79 Å². The van der Waals surface area contributed by atoms with Crippen molar-refractivity contribution in [1.29, 1.82) is 0 Å². The van der Waals surface area contributed by atoms with Gasteiger partial charge in [0.2, 0.25) is 11.8 Å². The number of halogens is 1. The molecule has 3 aromatic rings. The molecule has 0 aliphatic heterocycles. The van der Waals surface area contributed by atoms with Crippen LogP contribution in [0.25, 0.3) is 11.5 Å². The van der Waals surface area contributed by atoms with Crippen molar-refractivity contribution in [2.45, 2.75) is 19.9 Å². The van der Waals surface area contributed by atoms with Crippen molar-refractivity contribution < 1.29 is 9.21 Å². The SMILES string of the molecule is CCN(Cc1cccc(Cl)c1)C(=O)Cc1coc(-c2ccccc2)n1. The number of carbonyl (C=O) groups excluding carboxylic acids is 1. The van der Waals surface area contributed by atoms with Crippen LogP contribution in [-0.4, -0.2) is 22.3 Å². The second kappa shape index (κ2) is 7.99. The quantitative estimate of drug-likeness (QED) is 0.650. The highest BCUT2D eigenvalue weighted by Crippen LogP contribution is 2.19. The molecule has 0 atom stereocenters. The van der Waals surface area contributed by atoms with Crippen molar-refractivity contribution in [3.05, 3.63) is 77.1 Å². The van der Waals surface area contributed by atoms with E-state index in [0.717, 1.165) is 11.1 Å². The second-order valence-corrected chi connectivity index (χ2v) is 6.16. The van der Waals surface area contributed by atoms with Gasteiger partial charge in [-0.15, -0.1) is 0 Å². The van der Waals surface area contributed by atoms with E-state index in [4.69, 9.17) is 16.0 Å². The van der Waals surface area contributed by atoms with Gasteiger partial charge in [0.1, 0.15) is 6.26 Å². The number of amides is 1. The van der Waals surface area contributed by atoms with Gasteiger partial charge >= 0.3 is 0 Å². The normalized spacial score (nSPS) is 10.6. The molecular weight excluding hydrogens is 336 g/mol. The Morgan fingerprint density at radius 2 is 1.96 bits per heavy atom. The van der Waals surface area contributed by atoms with Crippen LogP contribution in [0.15, 0.2) is 65.3 Å². The highest BCUT2D eigenvalue weighted by molar-refractivity contribution is 6.30. The van der Waals surface area contributed by atoms with Crippen molar-refractivity contribution in [2.24, 2.45) is 0 Å². The number of nitrogens with zero attached hydrogens (tertiary/aromatic N) is 2. The predicted molar refractivity (Wildman–Crippen MR) is 98.2 cm³/mol. The standard InChI is InChI=1S/C20H19ClN2O2/c1-2-23(13-15-7-6-10-17(21)11-15)19(24)12-18-14-25-20(22-18)16-8-4-3-5-9-16/h3-11,14H,2,12-13H2,1H3. The summed E-state index contributed by atoms with van der Waals surface area (Å²) in [7, 11) is 0. The average molecular weight is 355 g/mol. The number of likely N-dealkylation sites (N-methyl/N-ethyl adjacent to an activating group) is 1. The number of rotatable bonds is 6. The number of hydrogen-bond acceptors (Lipinski definition) is 3. The summed E-state index contributed by atoms with van der Waals surface area (Å²) in [6, 6.07) is 17.2. The molecule has 0 N–H and O–H groups in total. The zero-order chi connectivity index (χ0) is 17.6. The Kier molecular flexibility index (Phi) is 5.51. The monoisotopic (exact) mass is 354 g/mol. The molecule has 25 heavy (non-hydrogen) atoms. The van der Waals surface area contributed by atoms with Gasteiger partial charge in [-0.2, -0.15) is 0 Å². The fourth-order valence-corrected chi connectivity index (χ4v) is 2.81. The molecule has 3 rings (SSSR count). The molecule has 128 valence electrons. The molecule has 2 aromatic carbocycles. The molecule has 0 fully saturated rings. The lowest BCUT2D eigenvalue weighted by Crippen LogP contribution is -2.31. The van der Waals surface area contributed by atoms with Crippen LogP contribution in [0, 0.1) is 0 Å². The maximum Gasteiger partial charge on any atom is 0.229 e. The summed E-state index contributed by atoms with van der Waals surface area (Å²) in [5.74, 6) is 0.539. The highest BCUT2D eigenvalue weighted by Gasteiger charge is 2.16. The minimum atomic E-state index is 0.00962. The molecule has 1 amide bonds. The first-order valence-corrected chi connectivity index (χ1v) is 8.55. The Bertz CT molecular complexity index is 846. The minimum absolute atomic E-state index is 0.00962. The molecule has 1 aromatic heterocycles. The first-order chi connectivity index (χ1) is 12.2. The second-order valence-electron chi connectivity index (χ2n) is 5.72. The highest BCUT2D eigenvalue weighted by atomic mass is 35.5. The largest absolute Gasteiger partial charge is 0.444 e.